The average molecular weight is 552 g/mol. The van der Waals surface area contributed by atoms with Crippen LogP contribution in [0.1, 0.15) is 23.2 Å². The number of halogens is 2. The van der Waals surface area contributed by atoms with E-state index in [4.69, 9.17) is 4.74 Å². The summed E-state index contributed by atoms with van der Waals surface area (Å²) in [4.78, 5) is 49.8. The molecule has 2 aromatic carbocycles. The molecule has 4 atom stereocenters. The Hall–Kier alpha value is -2.59. The normalized spacial score (nSPS) is 25.3. The molecule has 1 aliphatic heterocycles. The molecule has 2 fully saturated rings. The van der Waals surface area contributed by atoms with Crippen LogP contribution in [-0.2, 0) is 9.59 Å². The van der Waals surface area contributed by atoms with Crippen molar-refractivity contribution < 1.29 is 24.0 Å². The Morgan fingerprint density at radius 2 is 1.58 bits per heavy atom. The van der Waals surface area contributed by atoms with E-state index in [2.05, 4.69) is 31.9 Å². The minimum atomic E-state index is -0.748. The largest absolute Gasteiger partial charge is 0.423 e. The van der Waals surface area contributed by atoms with Crippen LogP contribution in [0.2, 0.25) is 0 Å². The molecule has 0 unspecified atom stereocenters. The van der Waals surface area contributed by atoms with Gasteiger partial charge < -0.3 is 4.74 Å². The van der Waals surface area contributed by atoms with Crippen molar-refractivity contribution in [3.8, 4) is 5.75 Å². The predicted octanol–water partition coefficient (Wildman–Crippen LogP) is 4.24. The molecule has 160 valence electrons. The monoisotopic (exact) mass is 550 g/mol. The summed E-state index contributed by atoms with van der Waals surface area (Å²) < 4.78 is 5.27. The lowest BCUT2D eigenvalue weighted by Crippen LogP contribution is -2.34. The van der Waals surface area contributed by atoms with Gasteiger partial charge in [-0.25, -0.2) is 4.79 Å². The molecule has 8 nitrogen and oxygen atoms in total. The number of hydrogen-bond donors (Lipinski definition) is 0. The molecule has 0 aromatic heterocycles. The Morgan fingerprint density at radius 3 is 2.13 bits per heavy atom. The minimum absolute atomic E-state index is 0.0425. The highest BCUT2D eigenvalue weighted by molar-refractivity contribution is 9.12. The molecule has 0 N–H and O–H groups in total. The Bertz CT molecular complexity index is 1050. The lowest BCUT2D eigenvalue weighted by Gasteiger charge is -2.29. The van der Waals surface area contributed by atoms with Crippen LogP contribution in [0.15, 0.2) is 48.5 Å². The second-order valence-corrected chi connectivity index (χ2v) is 9.77. The van der Waals surface area contributed by atoms with Crippen molar-refractivity contribution >= 4 is 61.0 Å². The quantitative estimate of drug-likeness (QED) is 0.140. The number of esters is 1. The van der Waals surface area contributed by atoms with Crippen LogP contribution in [0.5, 0.6) is 5.75 Å². The zero-order chi connectivity index (χ0) is 22.3. The second kappa shape index (κ2) is 8.51. The van der Waals surface area contributed by atoms with Crippen LogP contribution < -0.4 is 9.64 Å². The molecular formula is C21H16Br2N2O6. The zero-order valence-electron chi connectivity index (χ0n) is 15.9. The standard InChI is InChI=1S/C21H16Br2N2O6/c22-17-9-15-16(10-18(17)23)20(27)24(19(15)26)12-4-6-14(7-5-12)31-21(28)11-2-1-3-13(8-11)25(29)30/h1-8,15-18H,9-10H2/t15-,16+,17-,18-/m0/s1. The van der Waals surface area contributed by atoms with Gasteiger partial charge in [-0.3, -0.25) is 24.6 Å². The van der Waals surface area contributed by atoms with Gasteiger partial charge in [0.15, 0.2) is 0 Å². The van der Waals surface area contributed by atoms with Gasteiger partial charge in [0.25, 0.3) is 5.69 Å². The maximum atomic E-state index is 12.9. The maximum Gasteiger partial charge on any atom is 0.343 e. The number of ether oxygens (including phenoxy) is 1. The van der Waals surface area contributed by atoms with Crippen LogP contribution in [0.3, 0.4) is 0 Å². The molecule has 0 bridgehead atoms. The van der Waals surface area contributed by atoms with Gasteiger partial charge >= 0.3 is 5.97 Å². The number of amides is 2. The van der Waals surface area contributed by atoms with Gasteiger partial charge in [-0.2, -0.15) is 0 Å². The number of non-ortho nitro benzene ring substituents is 1. The first-order chi connectivity index (χ1) is 14.8. The van der Waals surface area contributed by atoms with Gasteiger partial charge in [-0.15, -0.1) is 0 Å². The summed E-state index contributed by atoms with van der Waals surface area (Å²) >= 11 is 7.13. The third-order valence-corrected chi connectivity index (χ3v) is 8.24. The Balaban J connectivity index is 1.49. The fourth-order valence-electron chi connectivity index (χ4n) is 3.93. The van der Waals surface area contributed by atoms with Gasteiger partial charge in [0.05, 0.1) is 28.0 Å². The van der Waals surface area contributed by atoms with Crippen molar-refractivity contribution in [2.75, 3.05) is 4.90 Å². The van der Waals surface area contributed by atoms with E-state index < -0.39 is 10.9 Å². The number of hydrogen-bond acceptors (Lipinski definition) is 6. The highest BCUT2D eigenvalue weighted by atomic mass is 79.9. The fraction of sp³-hybridized carbons (Fsp3) is 0.286. The second-order valence-electron chi connectivity index (χ2n) is 7.42. The number of nitro benzene ring substituents is 1. The van der Waals surface area contributed by atoms with E-state index in [1.807, 2.05) is 0 Å². The number of anilines is 1. The summed E-state index contributed by atoms with van der Waals surface area (Å²) in [7, 11) is 0. The zero-order valence-corrected chi connectivity index (χ0v) is 19.1. The molecule has 10 heteroatoms. The molecule has 0 radical (unpaired) electrons. The van der Waals surface area contributed by atoms with Crippen LogP contribution >= 0.6 is 31.9 Å². The molecule has 1 saturated heterocycles. The molecule has 4 rings (SSSR count). The molecular weight excluding hydrogens is 536 g/mol. The van der Waals surface area contributed by atoms with E-state index in [1.165, 1.54) is 35.2 Å². The number of carbonyl (C=O) groups is 3. The first kappa shape index (κ1) is 21.6. The van der Waals surface area contributed by atoms with Gasteiger partial charge in [0, 0.05) is 21.8 Å². The van der Waals surface area contributed by atoms with E-state index in [1.54, 1.807) is 12.1 Å². The Morgan fingerprint density at radius 1 is 1.00 bits per heavy atom. The minimum Gasteiger partial charge on any atom is -0.423 e. The Labute approximate surface area is 194 Å². The van der Waals surface area contributed by atoms with Crippen LogP contribution in [0.25, 0.3) is 0 Å². The van der Waals surface area contributed by atoms with Crippen molar-refractivity contribution in [3.05, 3.63) is 64.2 Å². The number of benzene rings is 2. The first-order valence-electron chi connectivity index (χ1n) is 9.49. The van der Waals surface area contributed by atoms with Crippen molar-refractivity contribution in [1.29, 1.82) is 0 Å². The summed E-state index contributed by atoms with van der Waals surface area (Å²) in [5.74, 6) is -1.70. The molecule has 1 heterocycles. The summed E-state index contributed by atoms with van der Waals surface area (Å²) in [5, 5.41) is 10.9. The molecule has 1 saturated carbocycles. The van der Waals surface area contributed by atoms with Crippen molar-refractivity contribution in [1.82, 2.24) is 0 Å². The first-order valence-corrected chi connectivity index (χ1v) is 11.3. The predicted molar refractivity (Wildman–Crippen MR) is 119 cm³/mol. The van der Waals surface area contributed by atoms with Crippen LogP contribution in [0, 0.1) is 22.0 Å². The summed E-state index contributed by atoms with van der Waals surface area (Å²) in [6.45, 7) is 0. The van der Waals surface area contributed by atoms with E-state index in [0.717, 1.165) is 6.07 Å². The molecule has 1 aliphatic carbocycles. The topological polar surface area (TPSA) is 107 Å². The van der Waals surface area contributed by atoms with Crippen LogP contribution in [0.4, 0.5) is 11.4 Å². The number of imide groups is 1. The van der Waals surface area contributed by atoms with E-state index >= 15 is 0 Å². The third kappa shape index (κ3) is 4.14. The number of fused-ring (bicyclic) bond motifs is 1. The van der Waals surface area contributed by atoms with E-state index in [-0.39, 0.29) is 50.3 Å². The maximum absolute atomic E-state index is 12.9. The SMILES string of the molecule is O=C(Oc1ccc(N2C(=O)[C@H]3C[C@H](Br)[C@@H](Br)C[C@H]3C2=O)cc1)c1cccc([N+](=O)[O-])c1. The molecule has 2 aliphatic rings. The van der Waals surface area contributed by atoms with Crippen LogP contribution in [-0.4, -0.2) is 32.4 Å². The highest BCUT2D eigenvalue weighted by Gasteiger charge is 2.52. The molecule has 0 spiro atoms. The van der Waals surface area contributed by atoms with E-state index in [0.29, 0.717) is 18.5 Å². The van der Waals surface area contributed by atoms with Crippen molar-refractivity contribution in [2.24, 2.45) is 11.8 Å². The summed E-state index contributed by atoms with van der Waals surface area (Å²) in [6.07, 6.45) is 1.17. The fourth-order valence-corrected chi connectivity index (χ4v) is 5.16. The average Bonchev–Trinajstić information content (AvgIpc) is 2.99. The number of nitrogens with zero attached hydrogens (tertiary/aromatic N) is 2. The molecule has 31 heavy (non-hydrogen) atoms. The van der Waals surface area contributed by atoms with Gasteiger partial charge in [0.2, 0.25) is 11.8 Å². The number of carbonyl (C=O) groups excluding carboxylic acids is 3. The lowest BCUT2D eigenvalue weighted by atomic mass is 9.81. The van der Waals surface area contributed by atoms with Gasteiger partial charge in [-0.05, 0) is 43.2 Å². The Kier molecular flexibility index (Phi) is 5.94. The van der Waals surface area contributed by atoms with Gasteiger partial charge in [0.1, 0.15) is 5.75 Å². The lowest BCUT2D eigenvalue weighted by molar-refractivity contribution is -0.384. The third-order valence-electron chi connectivity index (χ3n) is 5.51. The molecule has 2 amide bonds. The summed E-state index contributed by atoms with van der Waals surface area (Å²) in [5.41, 5.74) is 0.242. The number of alkyl halides is 2. The van der Waals surface area contributed by atoms with Crippen molar-refractivity contribution in [3.63, 3.8) is 0 Å². The highest BCUT2D eigenvalue weighted by Crippen LogP contribution is 2.44. The smallest absolute Gasteiger partial charge is 0.343 e. The number of nitro groups is 1. The summed E-state index contributed by atoms with van der Waals surface area (Å²) in [6, 6.07) is 11.3. The van der Waals surface area contributed by atoms with Gasteiger partial charge in [-0.1, -0.05) is 37.9 Å². The van der Waals surface area contributed by atoms with Crippen molar-refractivity contribution in [2.45, 2.75) is 22.5 Å². The molecule has 2 aromatic rings. The van der Waals surface area contributed by atoms with E-state index in [9.17, 15) is 24.5 Å². The number of rotatable bonds is 4.